The Labute approximate surface area is 103 Å². The number of amides is 1. The first kappa shape index (κ1) is 15.9. The highest BCUT2D eigenvalue weighted by Crippen LogP contribution is 2.10. The second kappa shape index (κ2) is 6.59. The molecule has 0 heterocycles. The average molecular weight is 245 g/mol. The lowest BCUT2D eigenvalue weighted by Crippen LogP contribution is -2.47. The number of aldehydes is 1. The molecule has 0 rings (SSSR count). The topological polar surface area (TPSA) is 64.6 Å². The molecule has 0 atom stereocenters. The van der Waals surface area contributed by atoms with Gasteiger partial charge in [-0.2, -0.15) is 0 Å². The van der Waals surface area contributed by atoms with Crippen molar-refractivity contribution in [2.75, 3.05) is 6.61 Å². The molecule has 0 unspecified atom stereocenters. The molecule has 17 heavy (non-hydrogen) atoms. The fraction of sp³-hybridized carbons (Fsp3) is 0.833. The van der Waals surface area contributed by atoms with Crippen molar-refractivity contribution in [3.8, 4) is 0 Å². The van der Waals surface area contributed by atoms with Crippen LogP contribution in [0.2, 0.25) is 0 Å². The number of rotatable bonds is 6. The van der Waals surface area contributed by atoms with Gasteiger partial charge >= 0.3 is 6.09 Å². The lowest BCUT2D eigenvalue weighted by molar-refractivity contribution is -0.108. The highest BCUT2D eigenvalue weighted by molar-refractivity contribution is 5.68. The molecule has 1 amide bonds. The summed E-state index contributed by atoms with van der Waals surface area (Å²) < 4.78 is 10.6. The molecule has 0 aromatic heterocycles. The Bertz CT molecular complexity index is 256. The van der Waals surface area contributed by atoms with Crippen LogP contribution in [0, 0.1) is 0 Å². The molecular weight excluding hydrogens is 222 g/mol. The van der Waals surface area contributed by atoms with Gasteiger partial charge in [-0.05, 0) is 41.0 Å². The summed E-state index contributed by atoms with van der Waals surface area (Å²) in [5, 5.41) is 2.62. The summed E-state index contributed by atoms with van der Waals surface area (Å²) in [4.78, 5) is 21.6. The maximum Gasteiger partial charge on any atom is 0.409 e. The van der Waals surface area contributed by atoms with Crippen LogP contribution in [-0.4, -0.2) is 30.3 Å². The standard InChI is InChI=1S/C12H23NO4/c1-11(2,3)17-10(15)13-12(4,5)16-9-7-6-8-14/h8H,6-7,9H2,1-5H3,(H,13,15). The van der Waals surface area contributed by atoms with Gasteiger partial charge in [0.25, 0.3) is 0 Å². The molecule has 1 N–H and O–H groups in total. The lowest BCUT2D eigenvalue weighted by atomic mass is 10.2. The van der Waals surface area contributed by atoms with Crippen molar-refractivity contribution in [1.29, 1.82) is 0 Å². The molecule has 5 heteroatoms. The molecule has 0 saturated heterocycles. The Morgan fingerprint density at radius 3 is 2.29 bits per heavy atom. The molecule has 0 aromatic carbocycles. The first-order chi connectivity index (χ1) is 7.66. The van der Waals surface area contributed by atoms with Gasteiger partial charge in [0.2, 0.25) is 0 Å². The zero-order chi connectivity index (χ0) is 13.5. The van der Waals surface area contributed by atoms with Gasteiger partial charge in [-0.15, -0.1) is 0 Å². The van der Waals surface area contributed by atoms with E-state index in [2.05, 4.69) is 5.32 Å². The Balaban J connectivity index is 3.98. The largest absolute Gasteiger partial charge is 0.444 e. The van der Waals surface area contributed by atoms with E-state index in [1.165, 1.54) is 0 Å². The Hall–Kier alpha value is -1.10. The van der Waals surface area contributed by atoms with Crippen molar-refractivity contribution in [1.82, 2.24) is 5.32 Å². The second-order valence-corrected chi connectivity index (χ2v) is 5.29. The van der Waals surface area contributed by atoms with E-state index < -0.39 is 17.4 Å². The normalized spacial score (nSPS) is 12.1. The molecule has 5 nitrogen and oxygen atoms in total. The molecule has 0 spiro atoms. The molecule has 0 fully saturated rings. The minimum atomic E-state index is -0.800. The van der Waals surface area contributed by atoms with Crippen LogP contribution in [0.4, 0.5) is 4.79 Å². The minimum Gasteiger partial charge on any atom is -0.444 e. The maximum absolute atomic E-state index is 11.5. The van der Waals surface area contributed by atoms with Gasteiger partial charge in [-0.25, -0.2) is 4.79 Å². The van der Waals surface area contributed by atoms with Crippen LogP contribution in [0.5, 0.6) is 0 Å². The number of nitrogens with one attached hydrogen (secondary N) is 1. The van der Waals surface area contributed by atoms with E-state index in [9.17, 15) is 9.59 Å². The molecule has 0 saturated carbocycles. The summed E-state index contributed by atoms with van der Waals surface area (Å²) in [6, 6.07) is 0. The summed E-state index contributed by atoms with van der Waals surface area (Å²) in [5.41, 5.74) is -1.33. The van der Waals surface area contributed by atoms with Crippen molar-refractivity contribution in [3.63, 3.8) is 0 Å². The lowest BCUT2D eigenvalue weighted by Gasteiger charge is -2.28. The van der Waals surface area contributed by atoms with E-state index in [4.69, 9.17) is 9.47 Å². The number of carbonyl (C=O) groups excluding carboxylic acids is 2. The summed E-state index contributed by atoms with van der Waals surface area (Å²) in [6.07, 6.45) is 1.43. The summed E-state index contributed by atoms with van der Waals surface area (Å²) in [7, 11) is 0. The molecule has 0 bridgehead atoms. The van der Waals surface area contributed by atoms with Crippen molar-refractivity contribution in [2.24, 2.45) is 0 Å². The highest BCUT2D eigenvalue weighted by Gasteiger charge is 2.24. The van der Waals surface area contributed by atoms with Crippen LogP contribution < -0.4 is 5.32 Å². The maximum atomic E-state index is 11.5. The molecule has 0 radical (unpaired) electrons. The molecular formula is C12H23NO4. The average Bonchev–Trinajstić information content (AvgIpc) is 2.08. The second-order valence-electron chi connectivity index (χ2n) is 5.29. The van der Waals surface area contributed by atoms with Gasteiger partial charge < -0.3 is 14.3 Å². The van der Waals surface area contributed by atoms with Crippen LogP contribution in [0.15, 0.2) is 0 Å². The number of hydrogen-bond donors (Lipinski definition) is 1. The predicted molar refractivity (Wildman–Crippen MR) is 64.7 cm³/mol. The van der Waals surface area contributed by atoms with Crippen LogP contribution in [0.1, 0.15) is 47.5 Å². The first-order valence-electron chi connectivity index (χ1n) is 5.75. The van der Waals surface area contributed by atoms with E-state index in [-0.39, 0.29) is 0 Å². The number of alkyl carbamates (subject to hydrolysis) is 1. The molecule has 100 valence electrons. The Kier molecular flexibility index (Phi) is 6.16. The number of unbranched alkanes of at least 4 members (excludes halogenated alkanes) is 1. The first-order valence-corrected chi connectivity index (χ1v) is 5.75. The van der Waals surface area contributed by atoms with Gasteiger partial charge in [0.1, 0.15) is 17.6 Å². The van der Waals surface area contributed by atoms with Crippen LogP contribution in [-0.2, 0) is 14.3 Å². The SMILES string of the molecule is CC(C)(C)OC(=O)NC(C)(C)OCCCC=O. The van der Waals surface area contributed by atoms with E-state index >= 15 is 0 Å². The zero-order valence-electron chi connectivity index (χ0n) is 11.3. The predicted octanol–water partition coefficient (Wildman–Crippen LogP) is 2.24. The summed E-state index contributed by atoms with van der Waals surface area (Å²) >= 11 is 0. The van der Waals surface area contributed by atoms with Crippen LogP contribution >= 0.6 is 0 Å². The smallest absolute Gasteiger partial charge is 0.409 e. The van der Waals surface area contributed by atoms with E-state index in [0.717, 1.165) is 6.29 Å². The van der Waals surface area contributed by atoms with Gasteiger partial charge in [-0.1, -0.05) is 0 Å². The number of carbonyl (C=O) groups is 2. The Morgan fingerprint density at radius 2 is 1.82 bits per heavy atom. The fourth-order valence-corrected chi connectivity index (χ4v) is 1.08. The van der Waals surface area contributed by atoms with Crippen molar-refractivity contribution in [3.05, 3.63) is 0 Å². The van der Waals surface area contributed by atoms with Gasteiger partial charge in [0.05, 0.1) is 0 Å². The third kappa shape index (κ3) is 9.81. The van der Waals surface area contributed by atoms with E-state index in [1.54, 1.807) is 34.6 Å². The van der Waals surface area contributed by atoms with Crippen LogP contribution in [0.3, 0.4) is 0 Å². The quantitative estimate of drug-likeness (QED) is 0.443. The van der Waals surface area contributed by atoms with E-state index in [0.29, 0.717) is 19.4 Å². The highest BCUT2D eigenvalue weighted by atomic mass is 16.6. The number of ether oxygens (including phenoxy) is 2. The summed E-state index contributed by atoms with van der Waals surface area (Å²) in [5.74, 6) is 0. The fourth-order valence-electron chi connectivity index (χ4n) is 1.08. The minimum absolute atomic E-state index is 0.418. The molecule has 0 aliphatic heterocycles. The monoisotopic (exact) mass is 245 g/mol. The summed E-state index contributed by atoms with van der Waals surface area (Å²) in [6.45, 7) is 9.27. The van der Waals surface area contributed by atoms with Gasteiger partial charge in [0.15, 0.2) is 0 Å². The van der Waals surface area contributed by atoms with Crippen molar-refractivity contribution < 1.29 is 19.1 Å². The van der Waals surface area contributed by atoms with Crippen LogP contribution in [0.25, 0.3) is 0 Å². The van der Waals surface area contributed by atoms with Crippen molar-refractivity contribution in [2.45, 2.75) is 58.8 Å². The van der Waals surface area contributed by atoms with Gasteiger partial charge in [0, 0.05) is 13.0 Å². The van der Waals surface area contributed by atoms with Crippen molar-refractivity contribution >= 4 is 12.4 Å². The third-order valence-electron chi connectivity index (χ3n) is 1.73. The van der Waals surface area contributed by atoms with Gasteiger partial charge in [-0.3, -0.25) is 5.32 Å². The third-order valence-corrected chi connectivity index (χ3v) is 1.73. The molecule has 0 aromatic rings. The zero-order valence-corrected chi connectivity index (χ0v) is 11.3. The Morgan fingerprint density at radius 1 is 1.24 bits per heavy atom. The number of hydrogen-bond acceptors (Lipinski definition) is 4. The molecule has 0 aliphatic rings. The molecule has 0 aliphatic carbocycles. The van der Waals surface area contributed by atoms with E-state index in [1.807, 2.05) is 0 Å².